The quantitative estimate of drug-likeness (QED) is 0.395. The van der Waals surface area contributed by atoms with Crippen LogP contribution >= 0.6 is 0 Å². The highest BCUT2D eigenvalue weighted by Gasteiger charge is 2.07. The van der Waals surface area contributed by atoms with E-state index in [9.17, 15) is 10.1 Å². The van der Waals surface area contributed by atoms with Gasteiger partial charge in [-0.25, -0.2) is 0 Å². The molecule has 1 rings (SSSR count). The number of rotatable bonds is 1. The molecule has 0 radical (unpaired) electrons. The van der Waals surface area contributed by atoms with Crippen molar-refractivity contribution in [3.8, 4) is 0 Å². The van der Waals surface area contributed by atoms with E-state index in [1.807, 2.05) is 0 Å². The van der Waals surface area contributed by atoms with Crippen molar-refractivity contribution in [1.82, 2.24) is 4.98 Å². The molecule has 0 aromatic carbocycles. The SMILES string of the molecule is O=[N+]([O-])c1ncco1. The Morgan fingerprint density at radius 3 is 2.88 bits per heavy atom. The van der Waals surface area contributed by atoms with Crippen LogP contribution in [0.4, 0.5) is 6.01 Å². The minimum Gasteiger partial charge on any atom is -0.390 e. The predicted molar refractivity (Wildman–Crippen MR) is 23.2 cm³/mol. The average molecular weight is 114 g/mol. The van der Waals surface area contributed by atoms with Gasteiger partial charge in [0, 0.05) is 4.92 Å². The first kappa shape index (κ1) is 4.76. The van der Waals surface area contributed by atoms with Gasteiger partial charge in [0.1, 0.15) is 6.26 Å². The summed E-state index contributed by atoms with van der Waals surface area (Å²) in [5.74, 6) is 0. The normalized spacial score (nSPS) is 9.00. The Bertz CT molecular complexity index is 180. The van der Waals surface area contributed by atoms with Crippen LogP contribution in [0, 0.1) is 10.1 Å². The third-order valence-corrected chi connectivity index (χ3v) is 0.575. The second-order valence-electron chi connectivity index (χ2n) is 1.07. The highest BCUT2D eigenvalue weighted by molar-refractivity contribution is 4.92. The van der Waals surface area contributed by atoms with Gasteiger partial charge in [0.25, 0.3) is 0 Å². The summed E-state index contributed by atoms with van der Waals surface area (Å²) in [7, 11) is 0. The van der Waals surface area contributed by atoms with Gasteiger partial charge >= 0.3 is 6.01 Å². The molecule has 42 valence electrons. The van der Waals surface area contributed by atoms with E-state index in [1.54, 1.807) is 0 Å². The highest BCUT2D eigenvalue weighted by Crippen LogP contribution is 2.02. The van der Waals surface area contributed by atoms with Crippen LogP contribution in [-0.4, -0.2) is 9.91 Å². The van der Waals surface area contributed by atoms with Crippen LogP contribution in [0.2, 0.25) is 0 Å². The molecule has 0 aliphatic carbocycles. The molecule has 0 bridgehead atoms. The largest absolute Gasteiger partial charge is 0.545 e. The summed E-state index contributed by atoms with van der Waals surface area (Å²) < 4.78 is 4.28. The first-order valence-corrected chi connectivity index (χ1v) is 1.84. The molecule has 0 N–H and O–H groups in total. The van der Waals surface area contributed by atoms with E-state index in [1.165, 1.54) is 6.20 Å². The number of hydrogen-bond donors (Lipinski definition) is 0. The average Bonchev–Trinajstić information content (AvgIpc) is 2.12. The Morgan fingerprint density at radius 1 is 1.88 bits per heavy atom. The molecule has 0 aliphatic heterocycles. The number of hydrogen-bond acceptors (Lipinski definition) is 4. The zero-order chi connectivity index (χ0) is 5.98. The second-order valence-corrected chi connectivity index (χ2v) is 1.07. The van der Waals surface area contributed by atoms with Gasteiger partial charge in [0.2, 0.25) is 0 Å². The molecule has 0 aliphatic rings. The molecule has 0 atom stereocenters. The van der Waals surface area contributed by atoms with Crippen LogP contribution in [0.5, 0.6) is 0 Å². The molecule has 0 fully saturated rings. The topological polar surface area (TPSA) is 69.2 Å². The minimum atomic E-state index is -0.694. The van der Waals surface area contributed by atoms with Crippen molar-refractivity contribution < 1.29 is 9.34 Å². The number of oxazole rings is 1. The highest BCUT2D eigenvalue weighted by atomic mass is 16.7. The van der Waals surface area contributed by atoms with E-state index in [0.717, 1.165) is 6.26 Å². The molecular formula is C3H2N2O3. The summed E-state index contributed by atoms with van der Waals surface area (Å²) in [5, 5.41) is 9.71. The second kappa shape index (κ2) is 1.61. The molecule has 5 heteroatoms. The summed E-state index contributed by atoms with van der Waals surface area (Å²) >= 11 is 0. The minimum absolute atomic E-state index is 0.468. The maximum Gasteiger partial charge on any atom is 0.545 e. The van der Waals surface area contributed by atoms with Gasteiger partial charge in [-0.3, -0.25) is 0 Å². The van der Waals surface area contributed by atoms with Gasteiger partial charge in [-0.05, 0) is 4.98 Å². The fourth-order valence-corrected chi connectivity index (χ4v) is 0.306. The lowest BCUT2D eigenvalue weighted by molar-refractivity contribution is -0.407. The summed E-state index contributed by atoms with van der Waals surface area (Å²) in [6, 6.07) is -0.468. The van der Waals surface area contributed by atoms with E-state index in [-0.39, 0.29) is 0 Å². The number of aromatic nitrogens is 1. The van der Waals surface area contributed by atoms with Crippen LogP contribution in [0.15, 0.2) is 16.9 Å². The van der Waals surface area contributed by atoms with E-state index in [4.69, 9.17) is 0 Å². The molecule has 0 saturated heterocycles. The molecule has 0 saturated carbocycles. The molecular weight excluding hydrogens is 112 g/mol. The molecule has 0 unspecified atom stereocenters. The zero-order valence-electron chi connectivity index (χ0n) is 3.77. The van der Waals surface area contributed by atoms with Crippen molar-refractivity contribution in [2.24, 2.45) is 0 Å². The molecule has 1 aromatic heterocycles. The maximum atomic E-state index is 9.71. The van der Waals surface area contributed by atoms with Crippen LogP contribution in [0.3, 0.4) is 0 Å². The Labute approximate surface area is 44.1 Å². The lowest BCUT2D eigenvalue weighted by atomic mass is 11.0. The molecule has 0 amide bonds. The Kier molecular flexibility index (Phi) is 0.957. The van der Waals surface area contributed by atoms with Crippen molar-refractivity contribution in [1.29, 1.82) is 0 Å². The van der Waals surface area contributed by atoms with Crippen molar-refractivity contribution in [3.05, 3.63) is 22.6 Å². The molecule has 1 heterocycles. The van der Waals surface area contributed by atoms with Gasteiger partial charge in [-0.15, -0.1) is 0 Å². The van der Waals surface area contributed by atoms with E-state index in [0.29, 0.717) is 0 Å². The van der Waals surface area contributed by atoms with E-state index in [2.05, 4.69) is 9.40 Å². The molecule has 1 aromatic rings. The van der Waals surface area contributed by atoms with Gasteiger partial charge < -0.3 is 14.5 Å². The standard InChI is InChI=1S/C3H2N2O3/c6-5(7)3-4-1-2-8-3/h1-2H. The summed E-state index contributed by atoms with van der Waals surface area (Å²) in [4.78, 5) is 12.3. The summed E-state index contributed by atoms with van der Waals surface area (Å²) in [6.07, 6.45) is 2.37. The van der Waals surface area contributed by atoms with E-state index >= 15 is 0 Å². The first-order valence-electron chi connectivity index (χ1n) is 1.84. The fourth-order valence-electron chi connectivity index (χ4n) is 0.306. The molecule has 8 heavy (non-hydrogen) atoms. The lowest BCUT2D eigenvalue weighted by Crippen LogP contribution is -1.85. The van der Waals surface area contributed by atoms with Crippen LogP contribution in [-0.2, 0) is 0 Å². The van der Waals surface area contributed by atoms with Crippen molar-refractivity contribution in [2.45, 2.75) is 0 Å². The van der Waals surface area contributed by atoms with Crippen molar-refractivity contribution in [3.63, 3.8) is 0 Å². The Hall–Kier alpha value is -1.39. The zero-order valence-corrected chi connectivity index (χ0v) is 3.77. The van der Waals surface area contributed by atoms with Gasteiger partial charge in [-0.2, -0.15) is 0 Å². The molecule has 0 spiro atoms. The monoisotopic (exact) mass is 114 g/mol. The maximum absolute atomic E-state index is 9.71. The van der Waals surface area contributed by atoms with Crippen LogP contribution in [0.25, 0.3) is 0 Å². The Morgan fingerprint density at radius 2 is 2.62 bits per heavy atom. The summed E-state index contributed by atoms with van der Waals surface area (Å²) in [5.41, 5.74) is 0. The fraction of sp³-hybridized carbons (Fsp3) is 0. The Balaban J connectivity index is 2.93. The molecule has 5 nitrogen and oxygen atoms in total. The number of nitrogens with zero attached hydrogens (tertiary/aromatic N) is 2. The van der Waals surface area contributed by atoms with Crippen molar-refractivity contribution in [2.75, 3.05) is 0 Å². The predicted octanol–water partition coefficient (Wildman–Crippen LogP) is 0.583. The third kappa shape index (κ3) is 0.651. The lowest BCUT2D eigenvalue weighted by Gasteiger charge is -1.79. The van der Waals surface area contributed by atoms with Crippen LogP contribution < -0.4 is 0 Å². The van der Waals surface area contributed by atoms with E-state index < -0.39 is 10.9 Å². The van der Waals surface area contributed by atoms with Gasteiger partial charge in [-0.1, -0.05) is 0 Å². The van der Waals surface area contributed by atoms with Gasteiger partial charge in [0.05, 0.1) is 0 Å². The van der Waals surface area contributed by atoms with Gasteiger partial charge in [0.15, 0.2) is 6.20 Å². The summed E-state index contributed by atoms with van der Waals surface area (Å²) in [6.45, 7) is 0. The number of nitro groups is 1. The first-order chi connectivity index (χ1) is 3.80. The third-order valence-electron chi connectivity index (χ3n) is 0.575. The van der Waals surface area contributed by atoms with Crippen LogP contribution in [0.1, 0.15) is 0 Å². The van der Waals surface area contributed by atoms with Crippen molar-refractivity contribution >= 4 is 6.01 Å². The smallest absolute Gasteiger partial charge is 0.390 e.